The van der Waals surface area contributed by atoms with Crippen molar-refractivity contribution in [3.63, 3.8) is 0 Å². The van der Waals surface area contributed by atoms with Gasteiger partial charge >= 0.3 is 5.97 Å². The van der Waals surface area contributed by atoms with E-state index in [0.717, 1.165) is 5.39 Å². The molecule has 0 aliphatic heterocycles. The number of amidine groups is 1. The summed E-state index contributed by atoms with van der Waals surface area (Å²) < 4.78 is 5.60. The molecule has 0 aliphatic rings. The standard InChI is InChI=1S/C23H24N6O3/c1-29(2)28-13-27-17-7-3-14(4-8-17)23(31)32-20-10-6-15-11-16(22(25)26)5-9-18(15)19(20)12-21(24)30/h3-11,13H,12H2,1-2H3,(H2,24,30)(H3,25,26)(H,27,28). The molecule has 164 valence electrons. The second kappa shape index (κ2) is 9.71. The molecule has 0 bridgehead atoms. The molecule has 3 aromatic rings. The number of carbonyl (C=O) groups is 2. The predicted molar refractivity (Wildman–Crippen MR) is 124 cm³/mol. The molecule has 9 nitrogen and oxygen atoms in total. The molecule has 0 spiro atoms. The average molecular weight is 432 g/mol. The van der Waals surface area contributed by atoms with Gasteiger partial charge in [0.2, 0.25) is 5.91 Å². The molecule has 0 atom stereocenters. The van der Waals surface area contributed by atoms with Gasteiger partial charge in [0.25, 0.3) is 0 Å². The Kier molecular flexibility index (Phi) is 6.81. The van der Waals surface area contributed by atoms with Crippen LogP contribution in [-0.2, 0) is 11.2 Å². The summed E-state index contributed by atoms with van der Waals surface area (Å²) in [6, 6.07) is 15.1. The van der Waals surface area contributed by atoms with E-state index >= 15 is 0 Å². The van der Waals surface area contributed by atoms with Crippen LogP contribution in [-0.4, -0.2) is 43.2 Å². The first-order valence-electron chi connectivity index (χ1n) is 9.71. The molecule has 0 aliphatic carbocycles. The fourth-order valence-electron chi connectivity index (χ4n) is 3.06. The van der Waals surface area contributed by atoms with Crippen LogP contribution < -0.4 is 21.6 Å². The second-order valence-corrected chi connectivity index (χ2v) is 7.25. The van der Waals surface area contributed by atoms with E-state index in [2.05, 4.69) is 10.4 Å². The van der Waals surface area contributed by atoms with Gasteiger partial charge in [-0.15, -0.1) is 0 Å². The molecular weight excluding hydrogens is 408 g/mol. The largest absolute Gasteiger partial charge is 0.423 e. The topological polar surface area (TPSA) is 147 Å². The summed E-state index contributed by atoms with van der Waals surface area (Å²) in [5, 5.41) is 10.8. The Bertz CT molecular complexity index is 1200. The molecule has 0 fully saturated rings. The van der Waals surface area contributed by atoms with Crippen LogP contribution in [0.25, 0.3) is 10.8 Å². The van der Waals surface area contributed by atoms with E-state index in [4.69, 9.17) is 21.6 Å². The van der Waals surface area contributed by atoms with Crippen molar-refractivity contribution in [3.05, 3.63) is 71.3 Å². The fraction of sp³-hybridized carbons (Fsp3) is 0.130. The highest BCUT2D eigenvalue weighted by molar-refractivity contribution is 6.01. The molecule has 32 heavy (non-hydrogen) atoms. The molecule has 3 aromatic carbocycles. The molecule has 0 unspecified atom stereocenters. The lowest BCUT2D eigenvalue weighted by atomic mass is 9.98. The summed E-state index contributed by atoms with van der Waals surface area (Å²) in [6.07, 6.45) is 1.43. The van der Waals surface area contributed by atoms with Crippen LogP contribution in [0.4, 0.5) is 5.69 Å². The third-order valence-electron chi connectivity index (χ3n) is 4.59. The Morgan fingerprint density at radius 1 is 1.06 bits per heavy atom. The molecule has 6 N–H and O–H groups in total. The highest BCUT2D eigenvalue weighted by Gasteiger charge is 2.16. The van der Waals surface area contributed by atoms with Crippen molar-refractivity contribution in [2.45, 2.75) is 6.42 Å². The minimum Gasteiger partial charge on any atom is -0.423 e. The van der Waals surface area contributed by atoms with Gasteiger partial charge in [-0.2, -0.15) is 0 Å². The van der Waals surface area contributed by atoms with E-state index in [1.165, 1.54) is 6.34 Å². The zero-order chi connectivity index (χ0) is 23.3. The Morgan fingerprint density at radius 3 is 2.38 bits per heavy atom. The van der Waals surface area contributed by atoms with E-state index in [1.807, 2.05) is 14.1 Å². The van der Waals surface area contributed by atoms with Gasteiger partial charge < -0.3 is 21.6 Å². The van der Waals surface area contributed by atoms with Crippen LogP contribution in [0.15, 0.2) is 59.6 Å². The number of esters is 1. The lowest BCUT2D eigenvalue weighted by Gasteiger charge is -2.13. The molecular formula is C23H24N6O3. The number of amides is 1. The van der Waals surface area contributed by atoms with Gasteiger partial charge in [0, 0.05) is 25.2 Å². The number of benzene rings is 3. The van der Waals surface area contributed by atoms with E-state index in [-0.39, 0.29) is 18.0 Å². The van der Waals surface area contributed by atoms with Crippen molar-refractivity contribution in [2.24, 2.45) is 16.5 Å². The van der Waals surface area contributed by atoms with Crippen LogP contribution in [0.2, 0.25) is 0 Å². The molecule has 0 radical (unpaired) electrons. The maximum atomic E-state index is 12.7. The Labute approximate surface area is 185 Å². The van der Waals surface area contributed by atoms with Gasteiger partial charge in [-0.1, -0.05) is 18.2 Å². The second-order valence-electron chi connectivity index (χ2n) is 7.25. The van der Waals surface area contributed by atoms with Gasteiger partial charge in [-0.3, -0.25) is 10.2 Å². The van der Waals surface area contributed by atoms with E-state index in [0.29, 0.717) is 27.8 Å². The first-order chi connectivity index (χ1) is 15.2. The van der Waals surface area contributed by atoms with Crippen molar-refractivity contribution < 1.29 is 14.3 Å². The minimum atomic E-state index is -0.572. The van der Waals surface area contributed by atoms with Gasteiger partial charge in [-0.05, 0) is 47.2 Å². The number of fused-ring (bicyclic) bond motifs is 1. The Hall–Kier alpha value is -4.24. The number of ether oxygens (including phenoxy) is 1. The van der Waals surface area contributed by atoms with Gasteiger partial charge in [-0.25, -0.2) is 14.8 Å². The molecule has 0 saturated heterocycles. The molecule has 9 heteroatoms. The monoisotopic (exact) mass is 432 g/mol. The predicted octanol–water partition coefficient (Wildman–Crippen LogP) is 2.10. The summed E-state index contributed by atoms with van der Waals surface area (Å²) >= 11 is 0. The highest BCUT2D eigenvalue weighted by Crippen LogP contribution is 2.30. The first-order valence-corrected chi connectivity index (χ1v) is 9.71. The third-order valence-corrected chi connectivity index (χ3v) is 4.59. The normalized spacial score (nSPS) is 11.1. The quantitative estimate of drug-likeness (QED) is 0.141. The van der Waals surface area contributed by atoms with Crippen LogP contribution in [0, 0.1) is 5.41 Å². The maximum Gasteiger partial charge on any atom is 0.343 e. The third kappa shape index (κ3) is 5.46. The number of nitrogens with zero attached hydrogens (tertiary/aromatic N) is 2. The summed E-state index contributed by atoms with van der Waals surface area (Å²) in [4.78, 5) is 28.6. The summed E-state index contributed by atoms with van der Waals surface area (Å²) in [5.41, 5.74) is 15.9. The lowest BCUT2D eigenvalue weighted by molar-refractivity contribution is -0.117. The van der Waals surface area contributed by atoms with Crippen molar-refractivity contribution in [1.82, 2.24) is 10.4 Å². The van der Waals surface area contributed by atoms with Crippen LogP contribution in [0.1, 0.15) is 21.5 Å². The number of rotatable bonds is 8. The molecule has 3 rings (SSSR count). The van der Waals surface area contributed by atoms with Crippen LogP contribution in [0.5, 0.6) is 5.75 Å². The molecule has 0 saturated carbocycles. The number of nitrogens with one attached hydrogen (secondary N) is 2. The van der Waals surface area contributed by atoms with Crippen LogP contribution >= 0.6 is 0 Å². The van der Waals surface area contributed by atoms with E-state index in [9.17, 15) is 9.59 Å². The maximum absolute atomic E-state index is 12.7. The fourth-order valence-corrected chi connectivity index (χ4v) is 3.06. The summed E-state index contributed by atoms with van der Waals surface area (Å²) in [7, 11) is 3.68. The van der Waals surface area contributed by atoms with Gasteiger partial charge in [0.15, 0.2) is 0 Å². The smallest absolute Gasteiger partial charge is 0.343 e. The van der Waals surface area contributed by atoms with Crippen LogP contribution in [0.3, 0.4) is 0 Å². The SMILES string of the molecule is CN(C)NC=Nc1ccc(C(=O)Oc2ccc3cc(C(=N)N)ccc3c2CC(N)=O)cc1. The zero-order valence-electron chi connectivity index (χ0n) is 17.8. The number of nitrogen functional groups attached to an aromatic ring is 1. The Morgan fingerprint density at radius 2 is 1.75 bits per heavy atom. The number of primary amides is 1. The van der Waals surface area contributed by atoms with E-state index < -0.39 is 11.9 Å². The highest BCUT2D eigenvalue weighted by atomic mass is 16.5. The molecule has 0 aromatic heterocycles. The molecule has 1 amide bonds. The number of hydrazine groups is 1. The lowest BCUT2D eigenvalue weighted by Crippen LogP contribution is -2.28. The first kappa shape index (κ1) is 22.4. The minimum absolute atomic E-state index is 0.0656. The van der Waals surface area contributed by atoms with Crippen molar-refractivity contribution >= 4 is 40.5 Å². The number of carbonyl (C=O) groups excluding carboxylic acids is 2. The summed E-state index contributed by atoms with van der Waals surface area (Å²) in [5.74, 6) is -0.949. The number of hydrogen-bond donors (Lipinski definition) is 4. The zero-order valence-corrected chi connectivity index (χ0v) is 17.8. The Balaban J connectivity index is 1.87. The van der Waals surface area contributed by atoms with E-state index in [1.54, 1.807) is 59.6 Å². The summed E-state index contributed by atoms with van der Waals surface area (Å²) in [6.45, 7) is 0. The molecule has 0 heterocycles. The van der Waals surface area contributed by atoms with Gasteiger partial charge in [0.05, 0.1) is 17.7 Å². The van der Waals surface area contributed by atoms with Crippen molar-refractivity contribution in [2.75, 3.05) is 14.1 Å². The number of aliphatic imine (C=N–C) groups is 1. The average Bonchev–Trinajstić information content (AvgIpc) is 2.74. The number of nitrogens with two attached hydrogens (primary N) is 2. The van der Waals surface area contributed by atoms with Crippen molar-refractivity contribution in [3.8, 4) is 5.75 Å². The van der Waals surface area contributed by atoms with Gasteiger partial charge in [0.1, 0.15) is 17.9 Å². The van der Waals surface area contributed by atoms with Crippen molar-refractivity contribution in [1.29, 1.82) is 5.41 Å². The number of hydrogen-bond acceptors (Lipinski definition) is 6.